The molecular formula is C21H26N4O4. The molecule has 1 aromatic carbocycles. The number of ether oxygens (including phenoxy) is 1. The fraction of sp³-hybridized carbons (Fsp3) is 0.333. The lowest BCUT2D eigenvalue weighted by molar-refractivity contribution is -0.144. The molecule has 0 aliphatic carbocycles. The van der Waals surface area contributed by atoms with Crippen molar-refractivity contribution in [3.63, 3.8) is 0 Å². The molecule has 0 saturated heterocycles. The predicted molar refractivity (Wildman–Crippen MR) is 111 cm³/mol. The molecule has 0 fully saturated rings. The summed E-state index contributed by atoms with van der Waals surface area (Å²) in [7, 11) is 3.68. The number of benzene rings is 1. The summed E-state index contributed by atoms with van der Waals surface area (Å²) in [4.78, 5) is 42.1. The Bertz CT molecular complexity index is 853. The maximum atomic E-state index is 12.7. The van der Waals surface area contributed by atoms with Gasteiger partial charge in [-0.25, -0.2) is 0 Å². The van der Waals surface area contributed by atoms with Crippen LogP contribution in [0.1, 0.15) is 35.7 Å². The summed E-state index contributed by atoms with van der Waals surface area (Å²) < 4.78 is 4.82. The van der Waals surface area contributed by atoms with Crippen LogP contribution in [0.2, 0.25) is 0 Å². The molecule has 0 aliphatic heterocycles. The van der Waals surface area contributed by atoms with Crippen LogP contribution in [0.3, 0.4) is 0 Å². The summed E-state index contributed by atoms with van der Waals surface area (Å²) >= 11 is 0. The van der Waals surface area contributed by atoms with Gasteiger partial charge in [-0.05, 0) is 36.8 Å². The number of amides is 2. The molecule has 0 spiro atoms. The van der Waals surface area contributed by atoms with Crippen molar-refractivity contribution < 1.29 is 19.1 Å². The topological polar surface area (TPSA) is 101 Å². The van der Waals surface area contributed by atoms with Gasteiger partial charge in [0.2, 0.25) is 5.91 Å². The van der Waals surface area contributed by atoms with Crippen molar-refractivity contribution in [1.29, 1.82) is 0 Å². The van der Waals surface area contributed by atoms with Crippen LogP contribution in [0.25, 0.3) is 0 Å². The first-order chi connectivity index (χ1) is 13.9. The highest BCUT2D eigenvalue weighted by molar-refractivity contribution is 6.02. The second-order valence-electron chi connectivity index (χ2n) is 6.52. The number of carbonyl (C=O) groups excluding carboxylic acids is 3. The highest BCUT2D eigenvalue weighted by Gasteiger charge is 2.15. The molecule has 2 amide bonds. The van der Waals surface area contributed by atoms with E-state index in [-0.39, 0.29) is 31.3 Å². The fourth-order valence-corrected chi connectivity index (χ4v) is 2.64. The zero-order valence-corrected chi connectivity index (χ0v) is 16.9. The van der Waals surface area contributed by atoms with Gasteiger partial charge in [0.1, 0.15) is 0 Å². The predicted octanol–water partition coefficient (Wildman–Crippen LogP) is 2.36. The van der Waals surface area contributed by atoms with Gasteiger partial charge in [-0.3, -0.25) is 19.4 Å². The second kappa shape index (κ2) is 10.8. The lowest BCUT2D eigenvalue weighted by Gasteiger charge is -2.18. The van der Waals surface area contributed by atoms with Gasteiger partial charge in [0.05, 0.1) is 18.6 Å². The average Bonchev–Trinajstić information content (AvgIpc) is 2.71. The first-order valence-corrected chi connectivity index (χ1v) is 9.34. The van der Waals surface area contributed by atoms with Crippen molar-refractivity contribution >= 4 is 29.2 Å². The molecule has 0 aliphatic rings. The van der Waals surface area contributed by atoms with Crippen LogP contribution in [-0.2, 0) is 20.9 Å². The molecule has 0 bridgehead atoms. The third kappa shape index (κ3) is 6.91. The largest absolute Gasteiger partial charge is 0.466 e. The third-order valence-electron chi connectivity index (χ3n) is 4.04. The van der Waals surface area contributed by atoms with Crippen molar-refractivity contribution in [2.75, 3.05) is 30.9 Å². The summed E-state index contributed by atoms with van der Waals surface area (Å²) in [5.41, 5.74) is 2.52. The first-order valence-electron chi connectivity index (χ1n) is 9.34. The molecule has 1 aromatic heterocycles. The second-order valence-corrected chi connectivity index (χ2v) is 6.52. The minimum absolute atomic E-state index is 0.00785. The van der Waals surface area contributed by atoms with Gasteiger partial charge in [-0.15, -0.1) is 0 Å². The molecule has 0 atom stereocenters. The molecule has 8 nitrogen and oxygen atoms in total. The quantitative estimate of drug-likeness (QED) is 0.629. The number of anilines is 2. The zero-order valence-electron chi connectivity index (χ0n) is 16.9. The molecule has 8 heteroatoms. The van der Waals surface area contributed by atoms with E-state index in [1.54, 1.807) is 43.6 Å². The summed E-state index contributed by atoms with van der Waals surface area (Å²) in [5, 5.41) is 5.59. The van der Waals surface area contributed by atoms with E-state index < -0.39 is 5.97 Å². The molecule has 2 N–H and O–H groups in total. The molecule has 0 saturated carbocycles. The normalized spacial score (nSPS) is 10.2. The van der Waals surface area contributed by atoms with Crippen LogP contribution in [0.5, 0.6) is 0 Å². The van der Waals surface area contributed by atoms with Crippen molar-refractivity contribution in [3.05, 3.63) is 53.9 Å². The Kier molecular flexibility index (Phi) is 8.14. The number of nitrogens with zero attached hydrogens (tertiary/aromatic N) is 2. The van der Waals surface area contributed by atoms with Crippen LogP contribution in [0.15, 0.2) is 42.7 Å². The fourth-order valence-electron chi connectivity index (χ4n) is 2.64. The number of rotatable bonds is 9. The van der Waals surface area contributed by atoms with E-state index in [0.717, 1.165) is 11.3 Å². The third-order valence-corrected chi connectivity index (χ3v) is 4.04. The van der Waals surface area contributed by atoms with E-state index in [2.05, 4.69) is 15.6 Å². The van der Waals surface area contributed by atoms with Gasteiger partial charge in [-0.2, -0.15) is 0 Å². The minimum Gasteiger partial charge on any atom is -0.466 e. The van der Waals surface area contributed by atoms with Crippen LogP contribution >= 0.6 is 0 Å². The molecular weight excluding hydrogens is 372 g/mol. The number of hydrogen-bond donors (Lipinski definition) is 2. The Morgan fingerprint density at radius 3 is 2.59 bits per heavy atom. The van der Waals surface area contributed by atoms with E-state index in [1.165, 1.54) is 0 Å². The van der Waals surface area contributed by atoms with Crippen molar-refractivity contribution in [2.45, 2.75) is 26.3 Å². The van der Waals surface area contributed by atoms with Gasteiger partial charge < -0.3 is 20.3 Å². The highest BCUT2D eigenvalue weighted by atomic mass is 16.5. The molecule has 0 radical (unpaired) electrons. The molecule has 1 heterocycles. The van der Waals surface area contributed by atoms with Crippen LogP contribution in [0.4, 0.5) is 11.4 Å². The van der Waals surface area contributed by atoms with Gasteiger partial charge in [0.15, 0.2) is 0 Å². The van der Waals surface area contributed by atoms with E-state index in [9.17, 15) is 14.4 Å². The van der Waals surface area contributed by atoms with Gasteiger partial charge in [0, 0.05) is 50.8 Å². The monoisotopic (exact) mass is 398 g/mol. The van der Waals surface area contributed by atoms with Gasteiger partial charge >= 0.3 is 5.97 Å². The Morgan fingerprint density at radius 1 is 1.14 bits per heavy atom. The highest BCUT2D eigenvalue weighted by Crippen LogP contribution is 2.23. The van der Waals surface area contributed by atoms with Crippen molar-refractivity contribution in [2.24, 2.45) is 0 Å². The van der Waals surface area contributed by atoms with Crippen LogP contribution in [-0.4, -0.2) is 43.5 Å². The average molecular weight is 398 g/mol. The van der Waals surface area contributed by atoms with E-state index in [1.807, 2.05) is 25.1 Å². The van der Waals surface area contributed by atoms with Gasteiger partial charge in [0.25, 0.3) is 5.91 Å². The Labute approximate surface area is 170 Å². The number of aromatic nitrogens is 1. The van der Waals surface area contributed by atoms with Crippen LogP contribution in [0, 0.1) is 0 Å². The summed E-state index contributed by atoms with van der Waals surface area (Å²) in [6.45, 7) is 2.34. The molecule has 2 aromatic rings. The number of carbonyl (C=O) groups is 3. The number of hydrogen-bond acceptors (Lipinski definition) is 6. The molecule has 29 heavy (non-hydrogen) atoms. The summed E-state index contributed by atoms with van der Waals surface area (Å²) in [6.07, 6.45) is 3.38. The minimum atomic E-state index is -0.416. The van der Waals surface area contributed by atoms with Crippen LogP contribution < -0.4 is 15.5 Å². The van der Waals surface area contributed by atoms with E-state index in [4.69, 9.17) is 4.74 Å². The van der Waals surface area contributed by atoms with E-state index in [0.29, 0.717) is 17.8 Å². The SMILES string of the molecule is CCOC(=O)CCC(=O)Nc1ccc(N(C)C)c(C(=O)NCc2cccnc2)c1. The van der Waals surface area contributed by atoms with E-state index >= 15 is 0 Å². The Hall–Kier alpha value is -3.42. The lowest BCUT2D eigenvalue weighted by Crippen LogP contribution is -2.26. The Balaban J connectivity index is 2.07. The summed E-state index contributed by atoms with van der Waals surface area (Å²) in [5.74, 6) is -1.00. The van der Waals surface area contributed by atoms with Crippen molar-refractivity contribution in [1.82, 2.24) is 10.3 Å². The zero-order chi connectivity index (χ0) is 21.2. The Morgan fingerprint density at radius 2 is 1.93 bits per heavy atom. The smallest absolute Gasteiger partial charge is 0.306 e. The maximum absolute atomic E-state index is 12.7. The number of nitrogens with one attached hydrogen (secondary N) is 2. The first kappa shape index (κ1) is 21.9. The molecule has 154 valence electrons. The molecule has 2 rings (SSSR count). The molecule has 0 unspecified atom stereocenters. The lowest BCUT2D eigenvalue weighted by atomic mass is 10.1. The summed E-state index contributed by atoms with van der Waals surface area (Å²) in [6, 6.07) is 8.78. The van der Waals surface area contributed by atoms with Crippen molar-refractivity contribution in [3.8, 4) is 0 Å². The maximum Gasteiger partial charge on any atom is 0.306 e. The number of pyridine rings is 1. The number of esters is 1. The van der Waals surface area contributed by atoms with Gasteiger partial charge in [-0.1, -0.05) is 6.07 Å². The standard InChI is InChI=1S/C21H26N4O4/c1-4-29-20(27)10-9-19(26)24-16-7-8-18(25(2)3)17(12-16)21(28)23-14-15-6-5-11-22-13-15/h5-8,11-13H,4,9-10,14H2,1-3H3,(H,23,28)(H,24,26).